The number of alkyl halides is 1. The van der Waals surface area contributed by atoms with Gasteiger partial charge < -0.3 is 121 Å². The Hall–Kier alpha value is -5.35. The average molecular weight is 1280 g/mol. The average Bonchev–Trinajstić information content (AvgIpc) is 3.41. The van der Waals surface area contributed by atoms with Gasteiger partial charge in [0.25, 0.3) is 0 Å². The first-order valence-corrected chi connectivity index (χ1v) is 27.3. The van der Waals surface area contributed by atoms with Crippen molar-refractivity contribution in [3.8, 4) is 0 Å². The number of aliphatic hydroxyl groups is 4. The lowest BCUT2D eigenvalue weighted by Crippen LogP contribution is -2.64. The van der Waals surface area contributed by atoms with Crippen LogP contribution in [0.3, 0.4) is 0 Å². The maximum absolute atomic E-state index is 12.8. The molecule has 2 heterocycles. The number of amides is 4. The number of aliphatic carboxylic acids is 2. The summed E-state index contributed by atoms with van der Waals surface area (Å²) in [5.41, 5.74) is 11.0. The van der Waals surface area contributed by atoms with Crippen molar-refractivity contribution in [3.05, 3.63) is 23.7 Å². The van der Waals surface area contributed by atoms with Crippen LogP contribution in [-0.2, 0) is 76.1 Å². The van der Waals surface area contributed by atoms with Gasteiger partial charge in [0.15, 0.2) is 24.1 Å². The van der Waals surface area contributed by atoms with Gasteiger partial charge in [-0.15, -0.1) is 0 Å². The molecule has 34 heteroatoms. The molecule has 2 rings (SSSR count). The van der Waals surface area contributed by atoms with Crippen LogP contribution in [0.15, 0.2) is 23.7 Å². The van der Waals surface area contributed by atoms with E-state index in [1.807, 2.05) is 0 Å². The molecule has 4 amide bonds. The lowest BCUT2D eigenvalue weighted by Gasteiger charge is -2.41. The van der Waals surface area contributed by atoms with Gasteiger partial charge in [-0.3, -0.25) is 34.9 Å². The van der Waals surface area contributed by atoms with Crippen molar-refractivity contribution >= 4 is 70.1 Å². The van der Waals surface area contributed by atoms with Gasteiger partial charge in [-0.05, 0) is 25.0 Å². The highest BCUT2D eigenvalue weighted by molar-refractivity contribution is 14.1. The van der Waals surface area contributed by atoms with E-state index in [9.17, 15) is 59.4 Å². The fourth-order valence-corrected chi connectivity index (χ4v) is 8.14. The first-order chi connectivity index (χ1) is 38.7. The summed E-state index contributed by atoms with van der Waals surface area (Å²) in [5, 5.41) is 91.1. The Balaban J connectivity index is 1.89. The van der Waals surface area contributed by atoms with Crippen LogP contribution in [0, 0.1) is 10.8 Å². The molecule has 10 atom stereocenters. The first-order valence-electron chi connectivity index (χ1n) is 25.8. The van der Waals surface area contributed by atoms with Gasteiger partial charge in [0.05, 0.1) is 101 Å². The largest absolute Gasteiger partial charge is 0.478 e. The SMILES string of the molecule is CC(=O)N[C@H]1[C@H]([C@H](OCC(=O)NCCCOCCN(CCOCCCNC(=O)CO[C@@H]([C@@H]2OC(C(=O)O)=C[C@H](NC(=N)N)[C@H]2NC(C)=O)[C@H](O)CO)CCOCCOCCOCCOCI)[C@H](O)CO)OC(C(=O)O)=C[C@@H]1NC(=N)N. The van der Waals surface area contributed by atoms with Crippen LogP contribution in [0.25, 0.3) is 0 Å². The molecule has 0 bridgehead atoms. The number of nitrogens with zero attached hydrogens (tertiary/aromatic N) is 1. The molecule has 0 unspecified atom stereocenters. The Morgan fingerprint density at radius 2 is 0.938 bits per heavy atom. The highest BCUT2D eigenvalue weighted by Gasteiger charge is 2.47. The van der Waals surface area contributed by atoms with Crippen molar-refractivity contribution in [2.24, 2.45) is 11.5 Å². The number of hydrogen-bond acceptors (Lipinski definition) is 23. The zero-order chi connectivity index (χ0) is 60.1. The maximum Gasteiger partial charge on any atom is 0.370 e. The number of ether oxygens (including phenoxy) is 10. The number of carbonyl (C=O) groups excluding carboxylic acids is 4. The second kappa shape index (κ2) is 41.6. The number of hydrogen-bond donors (Lipinski definition) is 16. The van der Waals surface area contributed by atoms with Gasteiger partial charge in [-0.2, -0.15) is 0 Å². The van der Waals surface area contributed by atoms with Crippen LogP contribution in [0.1, 0.15) is 26.7 Å². The van der Waals surface area contributed by atoms with Crippen LogP contribution in [-0.4, -0.2) is 280 Å². The summed E-state index contributed by atoms with van der Waals surface area (Å²) in [4.78, 5) is 75.8. The molecule has 2 aliphatic heterocycles. The number of halogens is 1. The quantitative estimate of drug-likeness (QED) is 0.00887. The molecular weight excluding hydrogens is 1200 g/mol. The van der Waals surface area contributed by atoms with Crippen molar-refractivity contribution in [3.63, 3.8) is 0 Å². The van der Waals surface area contributed by atoms with Gasteiger partial charge in [0.1, 0.15) is 37.6 Å². The predicted molar refractivity (Wildman–Crippen MR) is 290 cm³/mol. The van der Waals surface area contributed by atoms with Gasteiger partial charge in [-0.25, -0.2) is 9.59 Å². The number of rotatable bonds is 45. The Morgan fingerprint density at radius 1 is 0.593 bits per heavy atom. The van der Waals surface area contributed by atoms with E-state index in [1.54, 1.807) is 0 Å². The molecule has 33 nitrogen and oxygen atoms in total. The summed E-state index contributed by atoms with van der Waals surface area (Å²) < 4.78 is 56.7. The summed E-state index contributed by atoms with van der Waals surface area (Å²) >= 11 is 2.11. The van der Waals surface area contributed by atoms with Crippen LogP contribution in [0.4, 0.5) is 0 Å². The van der Waals surface area contributed by atoms with Crippen molar-refractivity contribution in [2.75, 3.05) is 136 Å². The minimum atomic E-state index is -1.70. The summed E-state index contributed by atoms with van der Waals surface area (Å²) in [7, 11) is 0. The predicted octanol–water partition coefficient (Wildman–Crippen LogP) is -6.28. The fraction of sp³-hybridized carbons (Fsp3) is 0.745. The normalized spacial score (nSPS) is 20.2. The zero-order valence-electron chi connectivity index (χ0n) is 45.4. The third-order valence-electron chi connectivity index (χ3n) is 11.5. The van der Waals surface area contributed by atoms with E-state index in [-0.39, 0.29) is 26.3 Å². The molecule has 81 heavy (non-hydrogen) atoms. The molecule has 0 fully saturated rings. The molecular formula is C47H82IN11O22. The van der Waals surface area contributed by atoms with Crippen molar-refractivity contribution in [1.82, 2.24) is 36.8 Å². The van der Waals surface area contributed by atoms with Gasteiger partial charge in [-0.1, -0.05) is 22.6 Å². The highest BCUT2D eigenvalue weighted by atomic mass is 127. The fourth-order valence-electron chi connectivity index (χ4n) is 7.82. The van der Waals surface area contributed by atoms with Crippen LogP contribution in [0.2, 0.25) is 0 Å². The third kappa shape index (κ3) is 30.0. The summed E-state index contributed by atoms with van der Waals surface area (Å²) in [6.45, 7) is 4.96. The van der Waals surface area contributed by atoms with E-state index in [0.29, 0.717) is 96.6 Å². The van der Waals surface area contributed by atoms with Gasteiger partial charge in [0, 0.05) is 59.8 Å². The molecule has 2 aliphatic rings. The second-order valence-corrected chi connectivity index (χ2v) is 18.5. The maximum atomic E-state index is 12.8. The van der Waals surface area contributed by atoms with E-state index >= 15 is 0 Å². The third-order valence-corrected chi connectivity index (χ3v) is 11.9. The molecule has 18 N–H and O–H groups in total. The molecule has 0 spiro atoms. The molecule has 0 aromatic heterocycles. The summed E-state index contributed by atoms with van der Waals surface area (Å²) in [6.07, 6.45) is -6.54. The Kier molecular flexibility index (Phi) is 36.9. The number of carboxylic acids is 2. The van der Waals surface area contributed by atoms with Crippen molar-refractivity contribution in [1.29, 1.82) is 10.8 Å². The van der Waals surface area contributed by atoms with E-state index in [2.05, 4.69) is 59.4 Å². The Labute approximate surface area is 481 Å². The molecule has 0 aromatic rings. The Bertz CT molecular complexity index is 1880. The van der Waals surface area contributed by atoms with Crippen LogP contribution >= 0.6 is 22.6 Å². The lowest BCUT2D eigenvalue weighted by molar-refractivity contribution is -0.159. The van der Waals surface area contributed by atoms with E-state index in [1.165, 1.54) is 13.8 Å². The number of aliphatic hydroxyl groups excluding tert-OH is 4. The van der Waals surface area contributed by atoms with Crippen molar-refractivity contribution < 1.29 is 107 Å². The van der Waals surface area contributed by atoms with E-state index < -0.39 is 146 Å². The Morgan fingerprint density at radius 3 is 1.26 bits per heavy atom. The number of guanidine groups is 2. The molecule has 464 valence electrons. The van der Waals surface area contributed by atoms with Crippen molar-refractivity contribution in [2.45, 2.75) is 87.5 Å². The first kappa shape index (κ1) is 71.8. The summed E-state index contributed by atoms with van der Waals surface area (Å²) in [6, 6.07) is -4.59. The lowest BCUT2D eigenvalue weighted by atomic mass is 9.91. The van der Waals surface area contributed by atoms with Gasteiger partial charge in [0.2, 0.25) is 35.1 Å². The zero-order valence-corrected chi connectivity index (χ0v) is 47.5. The van der Waals surface area contributed by atoms with Crippen LogP contribution < -0.4 is 43.4 Å². The molecule has 0 saturated carbocycles. The van der Waals surface area contributed by atoms with E-state index in [0.717, 1.165) is 12.2 Å². The monoisotopic (exact) mass is 1280 g/mol. The minimum absolute atomic E-state index is 0.151. The second-order valence-electron chi connectivity index (χ2n) is 17.8. The highest BCUT2D eigenvalue weighted by Crippen LogP contribution is 2.26. The molecule has 0 radical (unpaired) electrons. The number of carbonyl (C=O) groups is 6. The van der Waals surface area contributed by atoms with Gasteiger partial charge >= 0.3 is 11.9 Å². The summed E-state index contributed by atoms with van der Waals surface area (Å²) in [5.74, 6) is -7.83. The molecule has 0 aromatic carbocycles. The number of nitrogens with one attached hydrogen (secondary N) is 8. The van der Waals surface area contributed by atoms with E-state index in [4.69, 9.17) is 69.7 Å². The number of nitrogens with two attached hydrogens (primary N) is 2. The smallest absolute Gasteiger partial charge is 0.370 e. The minimum Gasteiger partial charge on any atom is -0.478 e. The topological polar surface area (TPSA) is 491 Å². The number of carboxylic acid groups (broad SMARTS) is 2. The molecule has 0 aliphatic carbocycles. The molecule has 0 saturated heterocycles. The standard InChI is InChI=1S/C47H82IN11O22/c1-28(62)55-38-30(57-46(49)50)21-34(44(68)69)80-42(38)40(32(64)23-60)78-25-36(66)53-5-3-10-72-12-7-59(9-14-74-15-16-75-17-18-76-19-20-77-27-48)8-13-73-11-4-6-54-37(67)26-79-41(33(65)24-61)43-39(56-29(2)63)31(58-47(51)52)22-35(81-43)45(70)71/h21-22,30-33,38-43,60-61,64-65H,3-20,23-27H2,1-2H3,(H,53,66)(H,54,67)(H,55,62)(H,56,63)(H,68,69)(H,70,71)(H4,49,50,57)(H4,51,52,58)/t30-,31-,32+,33+,38+,39+,40+,41+,42+,43+/m0/s1. The van der Waals surface area contributed by atoms with Crippen LogP contribution in [0.5, 0.6) is 0 Å².